The number of aromatic hydroxyl groups is 1. The first-order valence-corrected chi connectivity index (χ1v) is 3.74. The summed E-state index contributed by atoms with van der Waals surface area (Å²) in [5, 5.41) is 9.91. The quantitative estimate of drug-likeness (QED) is 0.650. The van der Waals surface area contributed by atoms with Crippen molar-refractivity contribution in [3.63, 3.8) is 0 Å². The van der Waals surface area contributed by atoms with E-state index in [1.54, 1.807) is 13.8 Å². The van der Waals surface area contributed by atoms with Crippen LogP contribution in [0.15, 0.2) is 0 Å². The van der Waals surface area contributed by atoms with E-state index in [1.807, 2.05) is 6.92 Å². The van der Waals surface area contributed by atoms with E-state index in [1.165, 1.54) is 0 Å². The van der Waals surface area contributed by atoms with E-state index in [0.29, 0.717) is 16.3 Å². The molecule has 0 atom stereocenters. The molecule has 0 saturated carbocycles. The number of hydrogen-bond donors (Lipinski definition) is 1. The van der Waals surface area contributed by atoms with E-state index >= 15 is 0 Å². The van der Waals surface area contributed by atoms with Crippen molar-refractivity contribution in [2.75, 3.05) is 0 Å². The molecule has 11 heavy (non-hydrogen) atoms. The third kappa shape index (κ3) is 1.31. The highest BCUT2D eigenvalue weighted by atomic mass is 35.5. The molecule has 0 aliphatic carbocycles. The Balaban J connectivity index is 3.46. The van der Waals surface area contributed by atoms with Crippen LogP contribution in [0.4, 0.5) is 0 Å². The Morgan fingerprint density at radius 1 is 1.18 bits per heavy atom. The van der Waals surface area contributed by atoms with Crippen LogP contribution in [-0.2, 0) is 0 Å². The average molecular weight is 172 g/mol. The van der Waals surface area contributed by atoms with Gasteiger partial charge in [-0.15, -0.1) is 0 Å². The second-order valence-corrected chi connectivity index (χ2v) is 2.95. The maximum absolute atomic E-state index is 9.36. The summed E-state index contributed by atoms with van der Waals surface area (Å²) in [6.45, 7) is 5.35. The molecule has 0 radical (unpaired) electrons. The first kappa shape index (κ1) is 8.34. The zero-order valence-corrected chi connectivity index (χ0v) is 7.53. The molecule has 0 bridgehead atoms. The van der Waals surface area contributed by atoms with E-state index in [0.717, 1.165) is 5.69 Å². The van der Waals surface area contributed by atoms with Crippen molar-refractivity contribution >= 4 is 11.6 Å². The van der Waals surface area contributed by atoms with Crippen LogP contribution in [0.2, 0.25) is 5.02 Å². The van der Waals surface area contributed by atoms with Crippen LogP contribution in [-0.4, -0.2) is 10.1 Å². The van der Waals surface area contributed by atoms with Gasteiger partial charge in [0, 0.05) is 5.56 Å². The lowest BCUT2D eigenvalue weighted by molar-refractivity contribution is 0.463. The molecular weight excluding hydrogens is 162 g/mol. The molecule has 0 saturated heterocycles. The van der Waals surface area contributed by atoms with Gasteiger partial charge >= 0.3 is 0 Å². The summed E-state index contributed by atoms with van der Waals surface area (Å²) in [7, 11) is 0. The Morgan fingerprint density at radius 3 is 2.27 bits per heavy atom. The largest absolute Gasteiger partial charge is 0.506 e. The predicted octanol–water partition coefficient (Wildman–Crippen LogP) is 2.37. The van der Waals surface area contributed by atoms with Crippen LogP contribution in [0.3, 0.4) is 0 Å². The summed E-state index contributed by atoms with van der Waals surface area (Å²) in [6, 6.07) is 0. The van der Waals surface area contributed by atoms with Gasteiger partial charge in [-0.3, -0.25) is 4.98 Å². The molecule has 1 heterocycles. The fraction of sp³-hybridized carbons (Fsp3) is 0.375. The van der Waals surface area contributed by atoms with Gasteiger partial charge in [-0.25, -0.2) is 0 Å². The van der Waals surface area contributed by atoms with E-state index < -0.39 is 0 Å². The second kappa shape index (κ2) is 2.70. The third-order valence-corrected chi connectivity index (χ3v) is 2.24. The maximum atomic E-state index is 9.36. The Hall–Kier alpha value is -0.760. The zero-order chi connectivity index (χ0) is 8.59. The molecule has 0 aliphatic heterocycles. The summed E-state index contributed by atoms with van der Waals surface area (Å²) in [4.78, 5) is 4.05. The monoisotopic (exact) mass is 171 g/mol. The third-order valence-electron chi connectivity index (χ3n) is 1.68. The predicted molar refractivity (Wildman–Crippen MR) is 45.1 cm³/mol. The normalized spacial score (nSPS) is 10.2. The molecule has 1 aromatic rings. The van der Waals surface area contributed by atoms with Gasteiger partial charge in [0.1, 0.15) is 5.75 Å². The maximum Gasteiger partial charge on any atom is 0.141 e. The lowest BCUT2D eigenvalue weighted by Crippen LogP contribution is -1.91. The molecule has 1 rings (SSSR count). The van der Waals surface area contributed by atoms with Crippen LogP contribution in [0.5, 0.6) is 5.75 Å². The van der Waals surface area contributed by atoms with Crippen molar-refractivity contribution in [3.05, 3.63) is 22.0 Å². The lowest BCUT2D eigenvalue weighted by atomic mass is 10.2. The van der Waals surface area contributed by atoms with Crippen molar-refractivity contribution in [3.8, 4) is 5.75 Å². The van der Waals surface area contributed by atoms with Gasteiger partial charge < -0.3 is 5.11 Å². The first-order valence-electron chi connectivity index (χ1n) is 3.36. The van der Waals surface area contributed by atoms with Gasteiger partial charge in [0.05, 0.1) is 16.4 Å². The van der Waals surface area contributed by atoms with Crippen LogP contribution in [0, 0.1) is 20.8 Å². The molecule has 0 aliphatic rings. The molecular formula is C8H10ClNO. The highest BCUT2D eigenvalue weighted by Gasteiger charge is 2.08. The Labute approximate surface area is 70.8 Å². The summed E-state index contributed by atoms with van der Waals surface area (Å²) >= 11 is 5.83. The first-order chi connectivity index (χ1) is 5.04. The van der Waals surface area contributed by atoms with Gasteiger partial charge in [0.25, 0.3) is 0 Å². The summed E-state index contributed by atoms with van der Waals surface area (Å²) in [5.74, 6) is 0.195. The topological polar surface area (TPSA) is 33.1 Å². The zero-order valence-electron chi connectivity index (χ0n) is 6.77. The summed E-state index contributed by atoms with van der Waals surface area (Å²) < 4.78 is 0. The Morgan fingerprint density at radius 2 is 1.73 bits per heavy atom. The summed E-state index contributed by atoms with van der Waals surface area (Å²) in [6.07, 6.45) is 0. The molecule has 3 heteroatoms. The van der Waals surface area contributed by atoms with Crippen LogP contribution >= 0.6 is 11.6 Å². The molecule has 1 N–H and O–H groups in total. The van der Waals surface area contributed by atoms with E-state index in [2.05, 4.69) is 4.98 Å². The number of hydrogen-bond acceptors (Lipinski definition) is 2. The van der Waals surface area contributed by atoms with E-state index in [9.17, 15) is 5.11 Å². The van der Waals surface area contributed by atoms with Crippen molar-refractivity contribution in [2.24, 2.45) is 0 Å². The fourth-order valence-electron chi connectivity index (χ4n) is 1.00. The smallest absolute Gasteiger partial charge is 0.141 e. The minimum Gasteiger partial charge on any atom is -0.506 e. The van der Waals surface area contributed by atoms with Gasteiger partial charge in [-0.1, -0.05) is 11.6 Å². The number of rotatable bonds is 0. The fourth-order valence-corrected chi connectivity index (χ4v) is 1.13. The Bertz CT molecular complexity index is 270. The molecule has 0 aromatic carbocycles. The second-order valence-electron chi connectivity index (χ2n) is 2.57. The lowest BCUT2D eigenvalue weighted by Gasteiger charge is -2.06. The molecule has 0 fully saturated rings. The SMILES string of the molecule is Cc1nc(C)c(Cl)c(C)c1O. The van der Waals surface area contributed by atoms with Crippen molar-refractivity contribution in [1.29, 1.82) is 0 Å². The Kier molecular flexibility index (Phi) is 2.05. The highest BCUT2D eigenvalue weighted by molar-refractivity contribution is 6.32. The van der Waals surface area contributed by atoms with Gasteiger partial charge in [0.2, 0.25) is 0 Å². The number of halogens is 1. The van der Waals surface area contributed by atoms with Crippen molar-refractivity contribution in [2.45, 2.75) is 20.8 Å². The van der Waals surface area contributed by atoms with Gasteiger partial charge in [0.15, 0.2) is 0 Å². The van der Waals surface area contributed by atoms with E-state index in [-0.39, 0.29) is 5.75 Å². The van der Waals surface area contributed by atoms with Gasteiger partial charge in [-0.05, 0) is 20.8 Å². The molecule has 2 nitrogen and oxygen atoms in total. The van der Waals surface area contributed by atoms with Crippen LogP contribution in [0.25, 0.3) is 0 Å². The minimum atomic E-state index is 0.195. The van der Waals surface area contributed by atoms with E-state index in [4.69, 9.17) is 11.6 Å². The minimum absolute atomic E-state index is 0.195. The van der Waals surface area contributed by atoms with Crippen LogP contribution in [0.1, 0.15) is 17.0 Å². The molecule has 60 valence electrons. The van der Waals surface area contributed by atoms with Crippen molar-refractivity contribution < 1.29 is 5.11 Å². The standard InChI is InChI=1S/C8H10ClNO/c1-4-7(9)5(2)10-6(3)8(4)11/h11H,1-3H3. The number of aryl methyl sites for hydroxylation is 2. The molecule has 1 aromatic heterocycles. The summed E-state index contributed by atoms with van der Waals surface area (Å²) in [5.41, 5.74) is 2.10. The van der Waals surface area contributed by atoms with Gasteiger partial charge in [-0.2, -0.15) is 0 Å². The molecule has 0 spiro atoms. The molecule has 0 amide bonds. The number of nitrogens with zero attached hydrogens (tertiary/aromatic N) is 1. The average Bonchev–Trinajstić information content (AvgIpc) is 1.97. The molecule has 0 unspecified atom stereocenters. The number of pyridine rings is 1. The highest BCUT2D eigenvalue weighted by Crippen LogP contribution is 2.28. The van der Waals surface area contributed by atoms with Crippen molar-refractivity contribution in [1.82, 2.24) is 4.98 Å². The van der Waals surface area contributed by atoms with Crippen LogP contribution < -0.4 is 0 Å². The number of aromatic nitrogens is 1.